The lowest BCUT2D eigenvalue weighted by atomic mass is 9.95. The summed E-state index contributed by atoms with van der Waals surface area (Å²) in [5.41, 5.74) is 1.92. The van der Waals surface area contributed by atoms with Gasteiger partial charge in [0.1, 0.15) is 11.6 Å². The van der Waals surface area contributed by atoms with Gasteiger partial charge in [-0.3, -0.25) is 9.69 Å². The van der Waals surface area contributed by atoms with Gasteiger partial charge in [-0.25, -0.2) is 4.39 Å². The molecule has 1 aliphatic rings. The second-order valence-corrected chi connectivity index (χ2v) is 7.99. The van der Waals surface area contributed by atoms with E-state index >= 15 is 0 Å². The highest BCUT2D eigenvalue weighted by Gasteiger charge is 2.25. The summed E-state index contributed by atoms with van der Waals surface area (Å²) in [4.78, 5) is 14.8. The lowest BCUT2D eigenvalue weighted by Gasteiger charge is -2.31. The Morgan fingerprint density at radius 2 is 1.80 bits per heavy atom. The minimum absolute atomic E-state index is 0.0574. The maximum absolute atomic E-state index is 13.8. The van der Waals surface area contributed by atoms with Gasteiger partial charge in [-0.1, -0.05) is 43.3 Å². The maximum atomic E-state index is 13.8. The number of rotatable bonds is 10. The van der Waals surface area contributed by atoms with Crippen LogP contribution in [-0.4, -0.2) is 37.0 Å². The van der Waals surface area contributed by atoms with Crippen LogP contribution < -0.4 is 10.1 Å². The maximum Gasteiger partial charge on any atom is 0.223 e. The molecule has 0 atom stereocenters. The number of aryl methyl sites for hydroxylation is 1. The summed E-state index contributed by atoms with van der Waals surface area (Å²) < 4.78 is 19.6. The van der Waals surface area contributed by atoms with Crippen LogP contribution >= 0.6 is 0 Å². The Morgan fingerprint density at radius 3 is 2.53 bits per heavy atom. The number of carbonyl (C=O) groups is 1. The molecule has 5 heteroatoms. The summed E-state index contributed by atoms with van der Waals surface area (Å²) in [6.07, 6.45) is 4.43. The first-order chi connectivity index (χ1) is 14.7. The van der Waals surface area contributed by atoms with E-state index < -0.39 is 0 Å². The van der Waals surface area contributed by atoms with Gasteiger partial charge >= 0.3 is 0 Å². The molecule has 1 saturated heterocycles. The van der Waals surface area contributed by atoms with Gasteiger partial charge in [0, 0.05) is 24.6 Å². The van der Waals surface area contributed by atoms with Crippen molar-refractivity contribution in [1.29, 1.82) is 0 Å². The molecule has 2 aromatic rings. The number of para-hydroxylation sites is 1. The minimum Gasteiger partial charge on any atom is -0.493 e. The third-order valence-corrected chi connectivity index (χ3v) is 5.67. The van der Waals surface area contributed by atoms with Gasteiger partial charge in [0.2, 0.25) is 5.91 Å². The molecule has 1 fully saturated rings. The van der Waals surface area contributed by atoms with E-state index in [1.54, 1.807) is 6.07 Å². The number of carbonyl (C=O) groups excluding carboxylic acids is 1. The van der Waals surface area contributed by atoms with Crippen LogP contribution in [0.5, 0.6) is 5.75 Å². The summed E-state index contributed by atoms with van der Waals surface area (Å²) in [6, 6.07) is 15.1. The molecule has 1 N–H and O–H groups in total. The zero-order valence-corrected chi connectivity index (χ0v) is 17.9. The average Bonchev–Trinajstić information content (AvgIpc) is 2.78. The minimum atomic E-state index is -0.154. The molecule has 1 heterocycles. The molecule has 0 bridgehead atoms. The van der Waals surface area contributed by atoms with Gasteiger partial charge in [-0.15, -0.1) is 0 Å². The SMILES string of the molecule is CCCOc1ccccc1CCCNC(=O)C1CCN(Cc2ccccc2F)CC1. The van der Waals surface area contributed by atoms with Crippen molar-refractivity contribution in [3.63, 3.8) is 0 Å². The number of hydrogen-bond donors (Lipinski definition) is 1. The van der Waals surface area contributed by atoms with Crippen molar-refractivity contribution in [2.45, 2.75) is 45.6 Å². The number of amides is 1. The second kappa shape index (κ2) is 11.7. The highest BCUT2D eigenvalue weighted by molar-refractivity contribution is 5.78. The topological polar surface area (TPSA) is 41.6 Å². The molecule has 0 unspecified atom stereocenters. The molecule has 0 radical (unpaired) electrons. The predicted molar refractivity (Wildman–Crippen MR) is 118 cm³/mol. The van der Waals surface area contributed by atoms with Crippen molar-refractivity contribution < 1.29 is 13.9 Å². The number of piperidine rings is 1. The lowest BCUT2D eigenvalue weighted by molar-refractivity contribution is -0.126. The first-order valence-electron chi connectivity index (χ1n) is 11.1. The summed E-state index contributed by atoms with van der Waals surface area (Å²) in [7, 11) is 0. The Bertz CT molecular complexity index is 803. The zero-order valence-electron chi connectivity index (χ0n) is 17.9. The van der Waals surface area contributed by atoms with Gasteiger partial charge in [-0.05, 0) is 62.9 Å². The first-order valence-corrected chi connectivity index (χ1v) is 11.1. The van der Waals surface area contributed by atoms with E-state index in [-0.39, 0.29) is 17.6 Å². The van der Waals surface area contributed by atoms with E-state index in [0.717, 1.165) is 63.1 Å². The summed E-state index contributed by atoms with van der Waals surface area (Å²) >= 11 is 0. The van der Waals surface area contributed by atoms with Crippen LogP contribution in [0.4, 0.5) is 4.39 Å². The van der Waals surface area contributed by atoms with Crippen LogP contribution in [0, 0.1) is 11.7 Å². The molecule has 0 aliphatic carbocycles. The Balaban J connectivity index is 1.36. The molecular formula is C25H33FN2O2. The van der Waals surface area contributed by atoms with Gasteiger partial charge in [0.15, 0.2) is 0 Å². The van der Waals surface area contributed by atoms with E-state index in [1.165, 1.54) is 11.6 Å². The highest BCUT2D eigenvalue weighted by atomic mass is 19.1. The molecule has 0 spiro atoms. The van der Waals surface area contributed by atoms with E-state index in [0.29, 0.717) is 13.1 Å². The van der Waals surface area contributed by atoms with Crippen LogP contribution in [0.25, 0.3) is 0 Å². The van der Waals surface area contributed by atoms with Crippen LogP contribution in [-0.2, 0) is 17.8 Å². The zero-order chi connectivity index (χ0) is 21.2. The van der Waals surface area contributed by atoms with Crippen LogP contribution in [0.3, 0.4) is 0 Å². The monoisotopic (exact) mass is 412 g/mol. The summed E-state index contributed by atoms with van der Waals surface area (Å²) in [6.45, 7) is 5.77. The number of nitrogens with one attached hydrogen (secondary N) is 1. The van der Waals surface area contributed by atoms with Gasteiger partial charge in [0.05, 0.1) is 6.61 Å². The van der Waals surface area contributed by atoms with E-state index in [4.69, 9.17) is 4.74 Å². The molecule has 2 aromatic carbocycles. The largest absolute Gasteiger partial charge is 0.493 e. The quantitative estimate of drug-likeness (QED) is 0.581. The number of ether oxygens (including phenoxy) is 1. The highest BCUT2D eigenvalue weighted by Crippen LogP contribution is 2.21. The van der Waals surface area contributed by atoms with Crippen molar-refractivity contribution in [2.75, 3.05) is 26.2 Å². The Hall–Kier alpha value is -2.40. The normalized spacial score (nSPS) is 15.1. The third-order valence-electron chi connectivity index (χ3n) is 5.67. The molecule has 162 valence electrons. The molecule has 1 amide bonds. The molecule has 30 heavy (non-hydrogen) atoms. The fourth-order valence-corrected chi connectivity index (χ4v) is 3.92. The molecule has 0 saturated carbocycles. The van der Waals surface area contributed by atoms with Crippen molar-refractivity contribution in [3.8, 4) is 5.75 Å². The van der Waals surface area contributed by atoms with Crippen LogP contribution in [0.15, 0.2) is 48.5 Å². The second-order valence-electron chi connectivity index (χ2n) is 7.99. The van der Waals surface area contributed by atoms with E-state index in [2.05, 4.69) is 23.2 Å². The average molecular weight is 413 g/mol. The smallest absolute Gasteiger partial charge is 0.223 e. The van der Waals surface area contributed by atoms with Gasteiger partial charge in [0.25, 0.3) is 0 Å². The molecular weight excluding hydrogens is 379 g/mol. The number of halogens is 1. The standard InChI is InChI=1S/C25H33FN2O2/c1-2-18-30-24-12-6-4-8-20(24)10-7-15-27-25(29)21-13-16-28(17-14-21)19-22-9-3-5-11-23(22)26/h3-6,8-9,11-12,21H,2,7,10,13-19H2,1H3,(H,27,29). The molecule has 1 aliphatic heterocycles. The molecule has 4 nitrogen and oxygen atoms in total. The fraction of sp³-hybridized carbons (Fsp3) is 0.480. The summed E-state index contributed by atoms with van der Waals surface area (Å²) in [5, 5.41) is 3.10. The van der Waals surface area contributed by atoms with Crippen LogP contribution in [0.2, 0.25) is 0 Å². The third kappa shape index (κ3) is 6.56. The lowest BCUT2D eigenvalue weighted by Crippen LogP contribution is -2.40. The number of likely N-dealkylation sites (tertiary alicyclic amines) is 1. The Labute approximate surface area is 179 Å². The Morgan fingerprint density at radius 1 is 1.10 bits per heavy atom. The number of nitrogens with zero attached hydrogens (tertiary/aromatic N) is 1. The van der Waals surface area contributed by atoms with E-state index in [1.807, 2.05) is 30.3 Å². The number of benzene rings is 2. The van der Waals surface area contributed by atoms with Crippen molar-refractivity contribution in [2.24, 2.45) is 5.92 Å². The summed E-state index contributed by atoms with van der Waals surface area (Å²) in [5.74, 6) is 1.00. The van der Waals surface area contributed by atoms with E-state index in [9.17, 15) is 9.18 Å². The molecule has 3 rings (SSSR count). The predicted octanol–water partition coefficient (Wildman–Crippen LogP) is 4.58. The van der Waals surface area contributed by atoms with Crippen molar-refractivity contribution in [3.05, 3.63) is 65.5 Å². The van der Waals surface area contributed by atoms with Crippen LogP contribution in [0.1, 0.15) is 43.7 Å². The number of hydrogen-bond acceptors (Lipinski definition) is 3. The van der Waals surface area contributed by atoms with Gasteiger partial charge < -0.3 is 10.1 Å². The van der Waals surface area contributed by atoms with Gasteiger partial charge in [-0.2, -0.15) is 0 Å². The first kappa shape index (κ1) is 22.3. The van der Waals surface area contributed by atoms with Crippen molar-refractivity contribution >= 4 is 5.91 Å². The fourth-order valence-electron chi connectivity index (χ4n) is 3.92. The Kier molecular flexibility index (Phi) is 8.69. The molecule has 0 aromatic heterocycles. The van der Waals surface area contributed by atoms with Crippen molar-refractivity contribution in [1.82, 2.24) is 10.2 Å².